The molecule has 0 radical (unpaired) electrons. The third kappa shape index (κ3) is 2.99. The lowest BCUT2D eigenvalue weighted by atomic mass is 9.98. The number of aromatic hydroxyl groups is 1. The number of nitrogens with one attached hydrogen (secondary N) is 1. The lowest BCUT2D eigenvalue weighted by molar-refractivity contribution is 0.102. The van der Waals surface area contributed by atoms with Crippen molar-refractivity contribution in [2.24, 2.45) is 0 Å². The fourth-order valence-electron chi connectivity index (χ4n) is 2.13. The maximum Gasteiger partial charge on any atom is 0.255 e. The van der Waals surface area contributed by atoms with Crippen LogP contribution in [0.2, 0.25) is 0 Å². The van der Waals surface area contributed by atoms with Gasteiger partial charge in [-0.1, -0.05) is 38.1 Å². The summed E-state index contributed by atoms with van der Waals surface area (Å²) in [5.74, 6) is 0.123. The molecule has 3 heteroatoms. The second-order valence-corrected chi connectivity index (χ2v) is 5.23. The standard InChI is InChI=1S/C17H19NO2/c1-11(2)14-9-12(3)10-15(16(14)19)18-17(20)13-7-5-4-6-8-13/h4-11,19H,1-3H3,(H,18,20). The van der Waals surface area contributed by atoms with Crippen LogP contribution in [0.25, 0.3) is 0 Å². The normalized spacial score (nSPS) is 10.6. The van der Waals surface area contributed by atoms with Gasteiger partial charge in [-0.05, 0) is 42.2 Å². The van der Waals surface area contributed by atoms with Crippen molar-refractivity contribution >= 4 is 11.6 Å². The van der Waals surface area contributed by atoms with Crippen molar-refractivity contribution < 1.29 is 9.90 Å². The van der Waals surface area contributed by atoms with Gasteiger partial charge in [0, 0.05) is 5.56 Å². The minimum absolute atomic E-state index is 0.148. The maximum atomic E-state index is 12.1. The number of carbonyl (C=O) groups is 1. The van der Waals surface area contributed by atoms with E-state index in [9.17, 15) is 9.90 Å². The number of carbonyl (C=O) groups excluding carboxylic acids is 1. The molecule has 2 rings (SSSR count). The van der Waals surface area contributed by atoms with Crippen molar-refractivity contribution in [3.8, 4) is 5.75 Å². The molecule has 0 aliphatic rings. The predicted octanol–water partition coefficient (Wildman–Crippen LogP) is 4.08. The second kappa shape index (κ2) is 5.78. The van der Waals surface area contributed by atoms with E-state index in [1.807, 2.05) is 45.0 Å². The molecule has 1 amide bonds. The summed E-state index contributed by atoms with van der Waals surface area (Å²) in [7, 11) is 0. The van der Waals surface area contributed by atoms with E-state index >= 15 is 0 Å². The zero-order chi connectivity index (χ0) is 14.7. The van der Waals surface area contributed by atoms with E-state index < -0.39 is 0 Å². The molecule has 20 heavy (non-hydrogen) atoms. The summed E-state index contributed by atoms with van der Waals surface area (Å²) in [5, 5.41) is 13.0. The van der Waals surface area contributed by atoms with Gasteiger partial charge in [0.1, 0.15) is 5.75 Å². The van der Waals surface area contributed by atoms with Crippen LogP contribution in [0.5, 0.6) is 5.75 Å². The molecule has 2 N–H and O–H groups in total. The number of amides is 1. The van der Waals surface area contributed by atoms with E-state index in [0.717, 1.165) is 11.1 Å². The molecule has 3 nitrogen and oxygen atoms in total. The first-order chi connectivity index (χ1) is 9.49. The fraction of sp³-hybridized carbons (Fsp3) is 0.235. The number of hydrogen-bond acceptors (Lipinski definition) is 2. The molecule has 2 aromatic rings. The summed E-state index contributed by atoms with van der Waals surface area (Å²) in [5.41, 5.74) is 2.88. The zero-order valence-corrected chi connectivity index (χ0v) is 12.0. The monoisotopic (exact) mass is 269 g/mol. The van der Waals surface area contributed by atoms with Gasteiger partial charge in [-0.15, -0.1) is 0 Å². The van der Waals surface area contributed by atoms with E-state index in [0.29, 0.717) is 11.3 Å². The van der Waals surface area contributed by atoms with E-state index in [1.54, 1.807) is 18.2 Å². The van der Waals surface area contributed by atoms with Crippen molar-refractivity contribution in [1.82, 2.24) is 0 Å². The summed E-state index contributed by atoms with van der Waals surface area (Å²) < 4.78 is 0. The van der Waals surface area contributed by atoms with E-state index in [2.05, 4.69) is 5.32 Å². The Kier molecular flexibility index (Phi) is 4.08. The third-order valence-corrected chi connectivity index (χ3v) is 3.19. The lowest BCUT2D eigenvalue weighted by Crippen LogP contribution is -2.12. The molecule has 0 saturated carbocycles. The summed E-state index contributed by atoms with van der Waals surface area (Å²) in [6.07, 6.45) is 0. The number of benzene rings is 2. The SMILES string of the molecule is Cc1cc(NC(=O)c2ccccc2)c(O)c(C(C)C)c1. The summed E-state index contributed by atoms with van der Waals surface area (Å²) in [6.45, 7) is 5.97. The minimum Gasteiger partial charge on any atom is -0.505 e. The third-order valence-electron chi connectivity index (χ3n) is 3.19. The maximum absolute atomic E-state index is 12.1. The van der Waals surface area contributed by atoms with Crippen molar-refractivity contribution in [2.75, 3.05) is 5.32 Å². The van der Waals surface area contributed by atoms with E-state index in [-0.39, 0.29) is 17.6 Å². The largest absolute Gasteiger partial charge is 0.505 e. The Labute approximate surface area is 119 Å². The highest BCUT2D eigenvalue weighted by Crippen LogP contribution is 2.34. The van der Waals surface area contributed by atoms with Gasteiger partial charge >= 0.3 is 0 Å². The molecule has 0 atom stereocenters. The first-order valence-corrected chi connectivity index (χ1v) is 6.69. The predicted molar refractivity (Wildman–Crippen MR) is 81.3 cm³/mol. The molecule has 0 heterocycles. The number of phenols is 1. The molecule has 2 aromatic carbocycles. The van der Waals surface area contributed by atoms with Crippen LogP contribution in [0.4, 0.5) is 5.69 Å². The Morgan fingerprint density at radius 2 is 1.80 bits per heavy atom. The molecule has 0 aromatic heterocycles. The Bertz CT molecular complexity index is 618. The highest BCUT2D eigenvalue weighted by Gasteiger charge is 2.14. The van der Waals surface area contributed by atoms with Crippen molar-refractivity contribution in [3.63, 3.8) is 0 Å². The Morgan fingerprint density at radius 3 is 2.40 bits per heavy atom. The van der Waals surface area contributed by atoms with Gasteiger partial charge in [0.2, 0.25) is 0 Å². The van der Waals surface area contributed by atoms with Gasteiger partial charge in [-0.3, -0.25) is 4.79 Å². The van der Waals surface area contributed by atoms with Crippen molar-refractivity contribution in [1.29, 1.82) is 0 Å². The van der Waals surface area contributed by atoms with E-state index in [1.165, 1.54) is 0 Å². The Morgan fingerprint density at radius 1 is 1.15 bits per heavy atom. The lowest BCUT2D eigenvalue weighted by Gasteiger charge is -2.15. The minimum atomic E-state index is -0.221. The van der Waals surface area contributed by atoms with Gasteiger partial charge in [0.25, 0.3) is 5.91 Å². The van der Waals surface area contributed by atoms with Crippen LogP contribution in [0, 0.1) is 6.92 Å². The van der Waals surface area contributed by atoms with Crippen LogP contribution in [0.15, 0.2) is 42.5 Å². The zero-order valence-electron chi connectivity index (χ0n) is 12.0. The number of anilines is 1. The molecule has 0 fully saturated rings. The summed E-state index contributed by atoms with van der Waals surface area (Å²) >= 11 is 0. The van der Waals surface area contributed by atoms with Gasteiger partial charge in [0.05, 0.1) is 5.69 Å². The molecule has 0 spiro atoms. The average molecular weight is 269 g/mol. The van der Waals surface area contributed by atoms with Crippen LogP contribution in [-0.4, -0.2) is 11.0 Å². The second-order valence-electron chi connectivity index (χ2n) is 5.23. The molecule has 0 unspecified atom stereocenters. The first kappa shape index (κ1) is 14.1. The Balaban J connectivity index is 2.32. The molecule has 0 bridgehead atoms. The van der Waals surface area contributed by atoms with Gasteiger partial charge in [0.15, 0.2) is 0 Å². The van der Waals surface area contributed by atoms with Gasteiger partial charge < -0.3 is 10.4 Å². The smallest absolute Gasteiger partial charge is 0.255 e. The number of aryl methyl sites for hydroxylation is 1. The summed E-state index contributed by atoms with van der Waals surface area (Å²) in [6, 6.07) is 12.7. The van der Waals surface area contributed by atoms with Crippen LogP contribution in [0.1, 0.15) is 41.3 Å². The van der Waals surface area contributed by atoms with Crippen LogP contribution in [0.3, 0.4) is 0 Å². The topological polar surface area (TPSA) is 49.3 Å². The van der Waals surface area contributed by atoms with Crippen LogP contribution < -0.4 is 5.32 Å². The van der Waals surface area contributed by atoms with Crippen molar-refractivity contribution in [3.05, 3.63) is 59.2 Å². The summed E-state index contributed by atoms with van der Waals surface area (Å²) in [4.78, 5) is 12.1. The highest BCUT2D eigenvalue weighted by molar-refractivity contribution is 6.05. The van der Waals surface area contributed by atoms with Crippen LogP contribution in [-0.2, 0) is 0 Å². The first-order valence-electron chi connectivity index (χ1n) is 6.69. The van der Waals surface area contributed by atoms with Gasteiger partial charge in [-0.2, -0.15) is 0 Å². The average Bonchev–Trinajstić information content (AvgIpc) is 2.43. The van der Waals surface area contributed by atoms with E-state index in [4.69, 9.17) is 0 Å². The Hall–Kier alpha value is -2.29. The highest BCUT2D eigenvalue weighted by atomic mass is 16.3. The molecular formula is C17H19NO2. The molecule has 0 aliphatic heterocycles. The molecular weight excluding hydrogens is 250 g/mol. The van der Waals surface area contributed by atoms with Gasteiger partial charge in [-0.25, -0.2) is 0 Å². The quantitative estimate of drug-likeness (QED) is 0.825. The molecule has 104 valence electrons. The molecule has 0 saturated heterocycles. The molecule has 0 aliphatic carbocycles. The fourth-order valence-corrected chi connectivity index (χ4v) is 2.13. The number of hydrogen-bond donors (Lipinski definition) is 2. The van der Waals surface area contributed by atoms with Crippen molar-refractivity contribution in [2.45, 2.75) is 26.7 Å². The number of phenolic OH excluding ortho intramolecular Hbond substituents is 1. The van der Waals surface area contributed by atoms with Crippen LogP contribution >= 0.6 is 0 Å². The number of rotatable bonds is 3.